The second kappa shape index (κ2) is 8.97. The molecule has 7 heteroatoms. The van der Waals surface area contributed by atoms with Crippen molar-refractivity contribution in [3.63, 3.8) is 0 Å². The highest BCUT2D eigenvalue weighted by molar-refractivity contribution is 6.05. The molecule has 30 heavy (non-hydrogen) atoms. The Balaban J connectivity index is 1.80. The van der Waals surface area contributed by atoms with Crippen molar-refractivity contribution in [1.29, 1.82) is 5.26 Å². The van der Waals surface area contributed by atoms with Crippen LogP contribution in [-0.4, -0.2) is 11.8 Å². The Labute approximate surface area is 172 Å². The van der Waals surface area contributed by atoms with Gasteiger partial charge in [0, 0.05) is 28.4 Å². The molecular formula is C23H17F2N3O2. The molecule has 2 amide bonds. The van der Waals surface area contributed by atoms with Crippen LogP contribution in [0.25, 0.3) is 0 Å². The first-order chi connectivity index (χ1) is 14.4. The molecule has 5 nitrogen and oxygen atoms in total. The lowest BCUT2D eigenvalue weighted by Gasteiger charge is -2.14. The second-order valence-corrected chi connectivity index (χ2v) is 6.55. The van der Waals surface area contributed by atoms with Crippen LogP contribution < -0.4 is 10.6 Å². The molecule has 3 aromatic carbocycles. The van der Waals surface area contributed by atoms with E-state index in [4.69, 9.17) is 0 Å². The SMILES string of the molecule is Cc1ccc(C(=O)NC(C#N)c2ccc(F)cc2F)cc1NC(=O)c1ccccc1. The van der Waals surface area contributed by atoms with Gasteiger partial charge >= 0.3 is 0 Å². The van der Waals surface area contributed by atoms with Gasteiger partial charge in [-0.25, -0.2) is 8.78 Å². The van der Waals surface area contributed by atoms with E-state index in [1.807, 2.05) is 0 Å². The molecule has 0 fully saturated rings. The van der Waals surface area contributed by atoms with Crippen LogP contribution in [0.15, 0.2) is 66.7 Å². The maximum Gasteiger partial charge on any atom is 0.255 e. The Morgan fingerprint density at radius 1 is 0.933 bits per heavy atom. The van der Waals surface area contributed by atoms with Crippen molar-refractivity contribution in [2.45, 2.75) is 13.0 Å². The van der Waals surface area contributed by atoms with Gasteiger partial charge in [-0.3, -0.25) is 9.59 Å². The molecule has 0 aromatic heterocycles. The molecule has 0 saturated carbocycles. The first-order valence-electron chi connectivity index (χ1n) is 9.01. The summed E-state index contributed by atoms with van der Waals surface area (Å²) in [6.07, 6.45) is 0. The summed E-state index contributed by atoms with van der Waals surface area (Å²) in [5.41, 5.74) is 1.65. The van der Waals surface area contributed by atoms with Crippen LogP contribution in [0.1, 0.15) is 37.9 Å². The summed E-state index contributed by atoms with van der Waals surface area (Å²) < 4.78 is 27.1. The van der Waals surface area contributed by atoms with Gasteiger partial charge < -0.3 is 10.6 Å². The van der Waals surface area contributed by atoms with Gasteiger partial charge in [-0.1, -0.05) is 30.3 Å². The van der Waals surface area contributed by atoms with Gasteiger partial charge in [-0.2, -0.15) is 5.26 Å². The van der Waals surface area contributed by atoms with E-state index in [-0.39, 0.29) is 17.0 Å². The lowest BCUT2D eigenvalue weighted by atomic mass is 10.1. The highest BCUT2D eigenvalue weighted by atomic mass is 19.1. The Kier molecular flexibility index (Phi) is 6.18. The smallest absolute Gasteiger partial charge is 0.255 e. The van der Waals surface area contributed by atoms with Gasteiger partial charge in [-0.05, 0) is 42.8 Å². The highest BCUT2D eigenvalue weighted by Crippen LogP contribution is 2.21. The number of nitriles is 1. The predicted octanol–water partition coefficient (Wildman–Crippen LogP) is 4.52. The summed E-state index contributed by atoms with van der Waals surface area (Å²) in [7, 11) is 0. The number of carbonyl (C=O) groups is 2. The van der Waals surface area contributed by atoms with Crippen LogP contribution in [0, 0.1) is 29.9 Å². The van der Waals surface area contributed by atoms with Crippen LogP contribution in [0.5, 0.6) is 0 Å². The molecule has 0 heterocycles. The van der Waals surface area contributed by atoms with Crippen LogP contribution in [-0.2, 0) is 0 Å². The third-order valence-electron chi connectivity index (χ3n) is 4.46. The summed E-state index contributed by atoms with van der Waals surface area (Å²) in [5.74, 6) is -2.68. The molecule has 0 aliphatic heterocycles. The monoisotopic (exact) mass is 405 g/mol. The molecule has 3 aromatic rings. The van der Waals surface area contributed by atoms with E-state index in [0.717, 1.165) is 17.7 Å². The van der Waals surface area contributed by atoms with Crippen molar-refractivity contribution in [3.8, 4) is 6.07 Å². The Morgan fingerprint density at radius 3 is 2.33 bits per heavy atom. The lowest BCUT2D eigenvalue weighted by molar-refractivity contribution is 0.0943. The molecule has 150 valence electrons. The maximum atomic E-state index is 14.0. The van der Waals surface area contributed by atoms with Crippen molar-refractivity contribution < 1.29 is 18.4 Å². The average molecular weight is 405 g/mol. The minimum atomic E-state index is -1.30. The summed E-state index contributed by atoms with van der Waals surface area (Å²) in [5, 5.41) is 14.5. The van der Waals surface area contributed by atoms with Gasteiger partial charge in [0.15, 0.2) is 0 Å². The first-order valence-corrected chi connectivity index (χ1v) is 9.01. The minimum absolute atomic E-state index is 0.142. The van der Waals surface area contributed by atoms with E-state index in [0.29, 0.717) is 17.3 Å². The minimum Gasteiger partial charge on any atom is -0.332 e. The van der Waals surface area contributed by atoms with Crippen LogP contribution in [0.4, 0.5) is 14.5 Å². The van der Waals surface area contributed by atoms with Crippen molar-refractivity contribution in [2.24, 2.45) is 0 Å². The second-order valence-electron chi connectivity index (χ2n) is 6.55. The number of anilines is 1. The van der Waals surface area contributed by atoms with Crippen molar-refractivity contribution in [1.82, 2.24) is 5.32 Å². The standard InChI is InChI=1S/C23H17F2N3O2/c1-14-7-8-16(11-20(14)27-22(29)15-5-3-2-4-6-15)23(30)28-21(13-26)18-10-9-17(24)12-19(18)25/h2-12,21H,1H3,(H,27,29)(H,28,30). The number of rotatable bonds is 5. The molecule has 1 unspecified atom stereocenters. The number of hydrogen-bond acceptors (Lipinski definition) is 3. The number of halogens is 2. The largest absolute Gasteiger partial charge is 0.332 e. The van der Waals surface area contributed by atoms with Gasteiger partial charge in [0.1, 0.15) is 17.7 Å². The summed E-state index contributed by atoms with van der Waals surface area (Å²) >= 11 is 0. The zero-order chi connectivity index (χ0) is 21.7. The van der Waals surface area contributed by atoms with Crippen molar-refractivity contribution in [3.05, 3.63) is 101 Å². The van der Waals surface area contributed by atoms with Crippen LogP contribution in [0.3, 0.4) is 0 Å². The highest BCUT2D eigenvalue weighted by Gasteiger charge is 2.20. The zero-order valence-electron chi connectivity index (χ0n) is 15.9. The van der Waals surface area contributed by atoms with Crippen LogP contribution >= 0.6 is 0 Å². The fourth-order valence-corrected chi connectivity index (χ4v) is 2.81. The number of nitrogens with one attached hydrogen (secondary N) is 2. The number of hydrogen-bond donors (Lipinski definition) is 2. The topological polar surface area (TPSA) is 82.0 Å². The molecule has 0 saturated heterocycles. The van der Waals surface area contributed by atoms with Gasteiger partial charge in [0.25, 0.3) is 11.8 Å². The quantitative estimate of drug-likeness (QED) is 0.655. The van der Waals surface area contributed by atoms with Gasteiger partial charge in [-0.15, -0.1) is 0 Å². The van der Waals surface area contributed by atoms with Crippen LogP contribution in [0.2, 0.25) is 0 Å². The molecule has 0 spiro atoms. The Hall–Kier alpha value is -4.05. The molecule has 3 rings (SSSR count). The van der Waals surface area contributed by atoms with Gasteiger partial charge in [0.05, 0.1) is 6.07 Å². The molecule has 0 bridgehead atoms. The number of benzene rings is 3. The van der Waals surface area contributed by atoms with E-state index < -0.39 is 23.6 Å². The third-order valence-corrected chi connectivity index (χ3v) is 4.46. The summed E-state index contributed by atoms with van der Waals surface area (Å²) in [4.78, 5) is 25.0. The fourth-order valence-electron chi connectivity index (χ4n) is 2.81. The average Bonchev–Trinajstić information content (AvgIpc) is 2.74. The Morgan fingerprint density at radius 2 is 1.67 bits per heavy atom. The van der Waals surface area contributed by atoms with E-state index in [9.17, 15) is 23.6 Å². The molecule has 0 radical (unpaired) electrons. The molecule has 2 N–H and O–H groups in total. The first kappa shape index (κ1) is 20.7. The molecule has 1 atom stereocenters. The number of carbonyl (C=O) groups excluding carboxylic acids is 2. The molecular weight excluding hydrogens is 388 g/mol. The van der Waals surface area contributed by atoms with Crippen molar-refractivity contribution >= 4 is 17.5 Å². The van der Waals surface area contributed by atoms with E-state index in [1.165, 1.54) is 12.1 Å². The normalized spacial score (nSPS) is 11.3. The van der Waals surface area contributed by atoms with Gasteiger partial charge in [0.2, 0.25) is 0 Å². The van der Waals surface area contributed by atoms with E-state index in [2.05, 4.69) is 10.6 Å². The summed E-state index contributed by atoms with van der Waals surface area (Å²) in [6.45, 7) is 1.77. The number of aryl methyl sites for hydroxylation is 1. The Bertz CT molecular complexity index is 1140. The number of amides is 2. The number of nitrogens with zero attached hydrogens (tertiary/aromatic N) is 1. The van der Waals surface area contributed by atoms with Crippen molar-refractivity contribution in [2.75, 3.05) is 5.32 Å². The van der Waals surface area contributed by atoms with E-state index in [1.54, 1.807) is 49.4 Å². The van der Waals surface area contributed by atoms with E-state index >= 15 is 0 Å². The molecule has 0 aliphatic carbocycles. The molecule has 0 aliphatic rings. The zero-order valence-corrected chi connectivity index (χ0v) is 15.9. The summed E-state index contributed by atoms with van der Waals surface area (Å²) in [6, 6.07) is 16.5. The third kappa shape index (κ3) is 4.67. The predicted molar refractivity (Wildman–Crippen MR) is 108 cm³/mol. The fraction of sp³-hybridized carbons (Fsp3) is 0.0870. The lowest BCUT2D eigenvalue weighted by Crippen LogP contribution is -2.28. The maximum absolute atomic E-state index is 14.0.